The summed E-state index contributed by atoms with van der Waals surface area (Å²) in [7, 11) is 0. The highest BCUT2D eigenvalue weighted by Crippen LogP contribution is 2.43. The Hall–Kier alpha value is -0.290. The molecule has 0 aromatic carbocycles. The highest BCUT2D eigenvalue weighted by molar-refractivity contribution is 4.87. The summed E-state index contributed by atoms with van der Waals surface area (Å²) in [5, 5.41) is 0. The Morgan fingerprint density at radius 2 is 1.84 bits per heavy atom. The molecule has 0 bridgehead atoms. The fraction of sp³-hybridized carbons (Fsp3) is 1.00. The minimum absolute atomic E-state index is 0.191. The van der Waals surface area contributed by atoms with E-state index in [0.29, 0.717) is 12.8 Å². The zero-order valence-corrected chi connectivity index (χ0v) is 11.8. The monoisotopic (exact) mass is 280 g/mol. The SMILES string of the molecule is CCCCCCC(NN)C1CCCCC1C(F)(F)F. The van der Waals surface area contributed by atoms with E-state index in [0.717, 1.165) is 38.5 Å². The van der Waals surface area contributed by atoms with Crippen molar-refractivity contribution in [2.75, 3.05) is 0 Å². The quantitative estimate of drug-likeness (QED) is 0.417. The second kappa shape index (κ2) is 8.10. The lowest BCUT2D eigenvalue weighted by Gasteiger charge is -2.38. The van der Waals surface area contributed by atoms with Crippen LogP contribution in [0.15, 0.2) is 0 Å². The Morgan fingerprint density at radius 3 is 2.42 bits per heavy atom. The number of unbranched alkanes of at least 4 members (excludes halogenated alkanes) is 3. The minimum atomic E-state index is -4.08. The maximum absolute atomic E-state index is 13.1. The molecule has 0 saturated heterocycles. The summed E-state index contributed by atoms with van der Waals surface area (Å²) in [5.74, 6) is 3.99. The standard InChI is InChI=1S/C14H27F3N2/c1-2-3-4-5-10-13(19-18)11-8-6-7-9-12(11)14(15,16)17/h11-13,19H,2-10,18H2,1H3. The molecular weight excluding hydrogens is 253 g/mol. The van der Waals surface area contributed by atoms with Crippen LogP contribution in [0.3, 0.4) is 0 Å². The van der Waals surface area contributed by atoms with Gasteiger partial charge in [-0.05, 0) is 25.2 Å². The number of hydrogen-bond donors (Lipinski definition) is 2. The molecule has 1 fully saturated rings. The van der Waals surface area contributed by atoms with Gasteiger partial charge in [0.1, 0.15) is 0 Å². The van der Waals surface area contributed by atoms with Crippen LogP contribution in [0.2, 0.25) is 0 Å². The highest BCUT2D eigenvalue weighted by Gasteiger charge is 2.47. The number of halogens is 3. The van der Waals surface area contributed by atoms with Crippen LogP contribution in [0.1, 0.15) is 64.7 Å². The lowest BCUT2D eigenvalue weighted by Crippen LogP contribution is -2.48. The van der Waals surface area contributed by atoms with E-state index in [1.807, 2.05) is 0 Å². The summed E-state index contributed by atoms with van der Waals surface area (Å²) in [4.78, 5) is 0. The van der Waals surface area contributed by atoms with Crippen molar-refractivity contribution in [1.82, 2.24) is 5.43 Å². The predicted octanol–water partition coefficient (Wildman–Crippen LogP) is 4.16. The minimum Gasteiger partial charge on any atom is -0.271 e. The van der Waals surface area contributed by atoms with Gasteiger partial charge in [0.15, 0.2) is 0 Å². The molecule has 3 N–H and O–H groups in total. The van der Waals surface area contributed by atoms with Gasteiger partial charge < -0.3 is 0 Å². The van der Waals surface area contributed by atoms with Crippen molar-refractivity contribution < 1.29 is 13.2 Å². The normalized spacial score (nSPS) is 26.4. The van der Waals surface area contributed by atoms with E-state index >= 15 is 0 Å². The average Bonchev–Trinajstić information content (AvgIpc) is 2.38. The first-order valence-electron chi connectivity index (χ1n) is 7.53. The molecule has 5 heteroatoms. The van der Waals surface area contributed by atoms with Gasteiger partial charge in [-0.2, -0.15) is 13.2 Å². The Bertz CT molecular complexity index is 243. The van der Waals surface area contributed by atoms with E-state index in [2.05, 4.69) is 12.3 Å². The zero-order valence-electron chi connectivity index (χ0n) is 11.8. The second-order valence-corrected chi connectivity index (χ2v) is 5.72. The second-order valence-electron chi connectivity index (χ2n) is 5.72. The van der Waals surface area contributed by atoms with Crippen molar-refractivity contribution in [3.63, 3.8) is 0 Å². The molecule has 1 aliphatic rings. The lowest BCUT2D eigenvalue weighted by atomic mass is 9.74. The molecule has 0 heterocycles. The van der Waals surface area contributed by atoms with Crippen LogP contribution in [0.4, 0.5) is 13.2 Å². The van der Waals surface area contributed by atoms with Gasteiger partial charge in [-0.15, -0.1) is 0 Å². The lowest BCUT2D eigenvalue weighted by molar-refractivity contribution is -0.199. The van der Waals surface area contributed by atoms with Crippen molar-refractivity contribution in [2.24, 2.45) is 17.7 Å². The summed E-state index contributed by atoms with van der Waals surface area (Å²) in [6.07, 6.45) is 3.49. The molecule has 19 heavy (non-hydrogen) atoms. The number of hydrazine groups is 1. The molecule has 3 unspecified atom stereocenters. The van der Waals surface area contributed by atoms with Gasteiger partial charge in [0.25, 0.3) is 0 Å². The molecule has 0 spiro atoms. The fourth-order valence-corrected chi connectivity index (χ4v) is 3.26. The highest BCUT2D eigenvalue weighted by atomic mass is 19.4. The molecule has 0 radical (unpaired) electrons. The number of alkyl halides is 3. The Labute approximate surface area is 114 Å². The number of hydrogen-bond acceptors (Lipinski definition) is 2. The topological polar surface area (TPSA) is 38.0 Å². The number of nitrogens with one attached hydrogen (secondary N) is 1. The van der Waals surface area contributed by atoms with E-state index in [4.69, 9.17) is 5.84 Å². The average molecular weight is 280 g/mol. The summed E-state index contributed by atoms with van der Waals surface area (Å²) >= 11 is 0. The van der Waals surface area contributed by atoms with E-state index in [1.165, 1.54) is 0 Å². The molecule has 0 aromatic rings. The third-order valence-corrected chi connectivity index (χ3v) is 4.34. The molecule has 1 rings (SSSR count). The van der Waals surface area contributed by atoms with E-state index in [1.54, 1.807) is 0 Å². The Morgan fingerprint density at radius 1 is 1.16 bits per heavy atom. The van der Waals surface area contributed by atoms with Crippen LogP contribution < -0.4 is 11.3 Å². The van der Waals surface area contributed by atoms with Crippen molar-refractivity contribution in [2.45, 2.75) is 76.9 Å². The van der Waals surface area contributed by atoms with Crippen LogP contribution in [0.25, 0.3) is 0 Å². The molecule has 0 aromatic heterocycles. The smallest absolute Gasteiger partial charge is 0.271 e. The van der Waals surface area contributed by atoms with E-state index in [9.17, 15) is 13.2 Å². The third-order valence-electron chi connectivity index (χ3n) is 4.34. The fourth-order valence-electron chi connectivity index (χ4n) is 3.26. The first kappa shape index (κ1) is 16.8. The summed E-state index contributed by atoms with van der Waals surface area (Å²) in [5.41, 5.74) is 2.65. The molecule has 1 aliphatic carbocycles. The molecule has 0 amide bonds. The predicted molar refractivity (Wildman–Crippen MR) is 71.4 cm³/mol. The Balaban J connectivity index is 2.55. The van der Waals surface area contributed by atoms with Gasteiger partial charge in [0.05, 0.1) is 5.92 Å². The number of rotatable bonds is 7. The van der Waals surface area contributed by atoms with Crippen LogP contribution in [-0.2, 0) is 0 Å². The van der Waals surface area contributed by atoms with Crippen LogP contribution in [0.5, 0.6) is 0 Å². The van der Waals surface area contributed by atoms with Gasteiger partial charge in [-0.25, -0.2) is 0 Å². The molecule has 2 nitrogen and oxygen atoms in total. The largest absolute Gasteiger partial charge is 0.392 e. The van der Waals surface area contributed by atoms with Crippen LogP contribution in [-0.4, -0.2) is 12.2 Å². The van der Waals surface area contributed by atoms with Crippen LogP contribution >= 0.6 is 0 Å². The van der Waals surface area contributed by atoms with Gasteiger partial charge >= 0.3 is 6.18 Å². The molecule has 1 saturated carbocycles. The van der Waals surface area contributed by atoms with Crippen molar-refractivity contribution in [3.8, 4) is 0 Å². The molecular formula is C14H27F3N2. The molecule has 3 atom stereocenters. The van der Waals surface area contributed by atoms with Gasteiger partial charge in [0.2, 0.25) is 0 Å². The van der Waals surface area contributed by atoms with Crippen molar-refractivity contribution >= 4 is 0 Å². The maximum atomic E-state index is 13.1. The van der Waals surface area contributed by atoms with Gasteiger partial charge in [-0.3, -0.25) is 11.3 Å². The summed E-state index contributed by atoms with van der Waals surface area (Å²) < 4.78 is 39.2. The zero-order chi connectivity index (χ0) is 14.3. The van der Waals surface area contributed by atoms with Crippen molar-refractivity contribution in [1.29, 1.82) is 0 Å². The maximum Gasteiger partial charge on any atom is 0.392 e. The summed E-state index contributed by atoms with van der Waals surface area (Å²) in [6, 6.07) is -0.191. The Kier molecular flexibility index (Phi) is 7.15. The van der Waals surface area contributed by atoms with Gasteiger partial charge in [-0.1, -0.05) is 45.4 Å². The third kappa shape index (κ3) is 5.30. The molecule has 0 aliphatic heterocycles. The molecule has 114 valence electrons. The van der Waals surface area contributed by atoms with Crippen molar-refractivity contribution in [3.05, 3.63) is 0 Å². The van der Waals surface area contributed by atoms with Gasteiger partial charge in [0, 0.05) is 6.04 Å². The van der Waals surface area contributed by atoms with E-state index in [-0.39, 0.29) is 18.4 Å². The van der Waals surface area contributed by atoms with Crippen LogP contribution in [0, 0.1) is 11.8 Å². The number of nitrogens with two attached hydrogens (primary N) is 1. The first-order chi connectivity index (χ1) is 9.00. The summed E-state index contributed by atoms with van der Waals surface area (Å²) in [6.45, 7) is 2.12. The first-order valence-corrected chi connectivity index (χ1v) is 7.53. The van der Waals surface area contributed by atoms with E-state index < -0.39 is 12.1 Å².